The van der Waals surface area contributed by atoms with Gasteiger partial charge in [-0.1, -0.05) is 30.7 Å². The lowest BCUT2D eigenvalue weighted by molar-refractivity contribution is -0.122. The van der Waals surface area contributed by atoms with Gasteiger partial charge in [0.2, 0.25) is 5.91 Å². The van der Waals surface area contributed by atoms with Crippen LogP contribution in [0.3, 0.4) is 0 Å². The highest BCUT2D eigenvalue weighted by Gasteiger charge is 2.24. The highest BCUT2D eigenvalue weighted by atomic mass is 35.5. The first-order chi connectivity index (χ1) is 8.99. The molecular weight excluding hydrogens is 262 g/mol. The molecule has 0 aliphatic rings. The molecule has 1 amide bonds. The van der Waals surface area contributed by atoms with Crippen LogP contribution >= 0.6 is 11.6 Å². The molecule has 0 aromatic heterocycles. The van der Waals surface area contributed by atoms with Crippen molar-refractivity contribution in [2.24, 2.45) is 5.73 Å². The minimum absolute atomic E-state index is 0.0190. The van der Waals surface area contributed by atoms with Gasteiger partial charge >= 0.3 is 0 Å². The molecule has 19 heavy (non-hydrogen) atoms. The quantitative estimate of drug-likeness (QED) is 0.837. The maximum Gasteiger partial charge on any atom is 0.233 e. The maximum absolute atomic E-state index is 11.6. The van der Waals surface area contributed by atoms with Crippen molar-refractivity contribution in [3.63, 3.8) is 0 Å². The van der Waals surface area contributed by atoms with Crippen molar-refractivity contribution in [2.45, 2.75) is 25.9 Å². The summed E-state index contributed by atoms with van der Waals surface area (Å²) in [6.45, 7) is 5.03. The Morgan fingerprint density at radius 3 is 2.68 bits per heavy atom. The number of carbonyl (C=O) groups excluding carboxylic acids is 1. The minimum Gasteiger partial charge on any atom is -0.358 e. The number of amides is 1. The highest BCUT2D eigenvalue weighted by Crippen LogP contribution is 2.25. The van der Waals surface area contributed by atoms with Crippen LogP contribution in [-0.4, -0.2) is 37.0 Å². The van der Waals surface area contributed by atoms with Crippen LogP contribution in [0.25, 0.3) is 0 Å². The number of rotatable bonds is 6. The number of hydrogen-bond donors (Lipinski definition) is 2. The predicted octanol–water partition coefficient (Wildman–Crippen LogP) is 1.80. The maximum atomic E-state index is 11.6. The molecule has 3 N–H and O–H groups in total. The van der Waals surface area contributed by atoms with Crippen LogP contribution < -0.4 is 11.1 Å². The fourth-order valence-electron chi connectivity index (χ4n) is 2.21. The molecule has 2 unspecified atom stereocenters. The van der Waals surface area contributed by atoms with Gasteiger partial charge < -0.3 is 11.1 Å². The lowest BCUT2D eigenvalue weighted by Gasteiger charge is -2.33. The van der Waals surface area contributed by atoms with Crippen LogP contribution in [0.15, 0.2) is 24.3 Å². The Balaban J connectivity index is 3.01. The van der Waals surface area contributed by atoms with E-state index in [0.717, 1.165) is 12.1 Å². The first kappa shape index (κ1) is 16.0. The van der Waals surface area contributed by atoms with Crippen molar-refractivity contribution in [1.82, 2.24) is 10.2 Å². The van der Waals surface area contributed by atoms with Gasteiger partial charge in [-0.25, -0.2) is 0 Å². The van der Waals surface area contributed by atoms with E-state index in [1.807, 2.05) is 38.1 Å². The van der Waals surface area contributed by atoms with Crippen LogP contribution in [0, 0.1) is 0 Å². The zero-order valence-electron chi connectivity index (χ0n) is 11.7. The van der Waals surface area contributed by atoms with Crippen molar-refractivity contribution >= 4 is 17.5 Å². The Morgan fingerprint density at radius 2 is 2.21 bits per heavy atom. The van der Waals surface area contributed by atoms with Crippen LogP contribution in [-0.2, 0) is 4.79 Å². The summed E-state index contributed by atoms with van der Waals surface area (Å²) in [5.74, 6) is -0.0190. The molecule has 1 rings (SSSR count). The van der Waals surface area contributed by atoms with Gasteiger partial charge in [-0.05, 0) is 31.2 Å². The molecule has 5 heteroatoms. The summed E-state index contributed by atoms with van der Waals surface area (Å²) in [5, 5.41) is 3.32. The second kappa shape index (κ2) is 7.48. The third-order valence-corrected chi connectivity index (χ3v) is 3.35. The molecule has 0 spiro atoms. The number of nitrogens with zero attached hydrogens (tertiary/aromatic N) is 1. The van der Waals surface area contributed by atoms with Gasteiger partial charge in [-0.3, -0.25) is 9.69 Å². The molecule has 106 valence electrons. The van der Waals surface area contributed by atoms with Gasteiger partial charge in [0.05, 0.1) is 12.6 Å². The van der Waals surface area contributed by atoms with Crippen molar-refractivity contribution in [1.29, 1.82) is 0 Å². The third-order valence-electron chi connectivity index (χ3n) is 3.11. The molecule has 0 saturated carbocycles. The molecule has 0 bridgehead atoms. The van der Waals surface area contributed by atoms with Crippen molar-refractivity contribution in [2.75, 3.05) is 20.1 Å². The standard InChI is InChI=1S/C14H22ClN3O/c1-4-18(9-13(19)17-3)14(10(2)16)11-6-5-7-12(15)8-11/h5-8,10,14H,4,9,16H2,1-3H3,(H,17,19). The van der Waals surface area contributed by atoms with Crippen LogP contribution in [0.2, 0.25) is 5.02 Å². The normalized spacial score (nSPS) is 14.2. The van der Waals surface area contributed by atoms with E-state index in [1.54, 1.807) is 7.05 Å². The minimum atomic E-state index is -0.0944. The number of carbonyl (C=O) groups is 1. The summed E-state index contributed by atoms with van der Waals surface area (Å²) in [5.41, 5.74) is 7.13. The van der Waals surface area contributed by atoms with E-state index in [1.165, 1.54) is 0 Å². The van der Waals surface area contributed by atoms with Gasteiger partial charge in [-0.15, -0.1) is 0 Å². The van der Waals surface area contributed by atoms with Gasteiger partial charge in [0.1, 0.15) is 0 Å². The number of likely N-dealkylation sites (N-methyl/N-ethyl adjacent to an activating group) is 2. The van der Waals surface area contributed by atoms with Gasteiger partial charge in [-0.2, -0.15) is 0 Å². The number of nitrogens with two attached hydrogens (primary N) is 1. The summed E-state index contributed by atoms with van der Waals surface area (Å²) in [6, 6.07) is 7.51. The van der Waals surface area contributed by atoms with Crippen LogP contribution in [0.5, 0.6) is 0 Å². The third kappa shape index (κ3) is 4.49. The van der Waals surface area contributed by atoms with E-state index >= 15 is 0 Å². The molecule has 2 atom stereocenters. The Hall–Kier alpha value is -1.10. The largest absolute Gasteiger partial charge is 0.358 e. The molecule has 0 heterocycles. The molecule has 0 aliphatic carbocycles. The Morgan fingerprint density at radius 1 is 1.53 bits per heavy atom. The topological polar surface area (TPSA) is 58.4 Å². The smallest absolute Gasteiger partial charge is 0.233 e. The highest BCUT2D eigenvalue weighted by molar-refractivity contribution is 6.30. The first-order valence-corrected chi connectivity index (χ1v) is 6.83. The van der Waals surface area contributed by atoms with E-state index < -0.39 is 0 Å². The summed E-state index contributed by atoms with van der Waals surface area (Å²) in [4.78, 5) is 13.6. The second-order valence-corrected chi connectivity index (χ2v) is 5.03. The van der Waals surface area contributed by atoms with Gasteiger partial charge in [0.15, 0.2) is 0 Å². The number of benzene rings is 1. The van der Waals surface area contributed by atoms with Crippen molar-refractivity contribution in [3.8, 4) is 0 Å². The van der Waals surface area contributed by atoms with E-state index in [9.17, 15) is 4.79 Å². The molecule has 0 fully saturated rings. The van der Waals surface area contributed by atoms with E-state index in [-0.39, 0.29) is 18.0 Å². The van der Waals surface area contributed by atoms with E-state index in [4.69, 9.17) is 17.3 Å². The van der Waals surface area contributed by atoms with E-state index in [0.29, 0.717) is 11.6 Å². The monoisotopic (exact) mass is 283 g/mol. The Labute approximate surface area is 119 Å². The number of hydrogen-bond acceptors (Lipinski definition) is 3. The molecule has 0 saturated heterocycles. The lowest BCUT2D eigenvalue weighted by atomic mass is 9.99. The zero-order valence-corrected chi connectivity index (χ0v) is 12.4. The Bertz CT molecular complexity index is 423. The fraction of sp³-hybridized carbons (Fsp3) is 0.500. The van der Waals surface area contributed by atoms with Crippen molar-refractivity contribution < 1.29 is 4.79 Å². The van der Waals surface area contributed by atoms with Gasteiger partial charge in [0.25, 0.3) is 0 Å². The average Bonchev–Trinajstić information content (AvgIpc) is 2.37. The lowest BCUT2D eigenvalue weighted by Crippen LogP contribution is -2.44. The zero-order chi connectivity index (χ0) is 14.4. The first-order valence-electron chi connectivity index (χ1n) is 6.45. The molecule has 0 radical (unpaired) electrons. The number of halogens is 1. The average molecular weight is 284 g/mol. The molecule has 1 aromatic carbocycles. The molecular formula is C14H22ClN3O. The fourth-order valence-corrected chi connectivity index (χ4v) is 2.41. The predicted molar refractivity (Wildman–Crippen MR) is 79.2 cm³/mol. The SMILES string of the molecule is CCN(CC(=O)NC)C(c1cccc(Cl)c1)C(C)N. The second-order valence-electron chi connectivity index (χ2n) is 4.60. The molecule has 1 aromatic rings. The van der Waals surface area contributed by atoms with E-state index in [2.05, 4.69) is 10.2 Å². The van der Waals surface area contributed by atoms with Crippen LogP contribution in [0.4, 0.5) is 0 Å². The molecule has 4 nitrogen and oxygen atoms in total. The summed E-state index contributed by atoms with van der Waals surface area (Å²) in [6.07, 6.45) is 0. The summed E-state index contributed by atoms with van der Waals surface area (Å²) >= 11 is 6.04. The summed E-state index contributed by atoms with van der Waals surface area (Å²) < 4.78 is 0. The summed E-state index contributed by atoms with van der Waals surface area (Å²) in [7, 11) is 1.64. The van der Waals surface area contributed by atoms with Crippen molar-refractivity contribution in [3.05, 3.63) is 34.9 Å². The molecule has 0 aliphatic heterocycles. The Kier molecular flexibility index (Phi) is 6.28. The van der Waals surface area contributed by atoms with Gasteiger partial charge in [0, 0.05) is 18.1 Å². The van der Waals surface area contributed by atoms with Crippen LogP contribution in [0.1, 0.15) is 25.5 Å². The number of nitrogens with one attached hydrogen (secondary N) is 1.